The number of aromatic carboxylic acids is 1. The van der Waals surface area contributed by atoms with E-state index in [1.165, 1.54) is 0 Å². The van der Waals surface area contributed by atoms with E-state index in [9.17, 15) is 24.5 Å². The number of nitro benzene ring substituents is 1. The minimum absolute atomic E-state index is 0.530. The van der Waals surface area contributed by atoms with Crippen LogP contribution in [-0.4, -0.2) is 38.2 Å². The molecule has 0 aliphatic carbocycles. The fraction of sp³-hybridized carbons (Fsp3) is 0.100. The summed E-state index contributed by atoms with van der Waals surface area (Å²) in [5.41, 5.74) is -1.84. The number of rotatable bonds is 5. The van der Waals surface area contributed by atoms with Gasteiger partial charge in [0, 0.05) is 12.1 Å². The second-order valence-electron chi connectivity index (χ2n) is 3.44. The zero-order valence-electron chi connectivity index (χ0n) is 9.14. The summed E-state index contributed by atoms with van der Waals surface area (Å²) in [4.78, 5) is 42.2. The molecule has 0 unspecified atom stereocenters. The van der Waals surface area contributed by atoms with Crippen LogP contribution in [0.3, 0.4) is 0 Å². The Morgan fingerprint density at radius 2 is 1.63 bits per heavy atom. The molecule has 0 amide bonds. The number of aliphatic carboxylic acids is 2. The highest BCUT2D eigenvalue weighted by molar-refractivity contribution is 6.02. The van der Waals surface area contributed by atoms with Crippen LogP contribution in [-0.2, 0) is 9.59 Å². The van der Waals surface area contributed by atoms with Gasteiger partial charge in [0.05, 0.1) is 10.5 Å². The lowest BCUT2D eigenvalue weighted by atomic mass is 9.94. The third-order valence-corrected chi connectivity index (χ3v) is 2.28. The van der Waals surface area contributed by atoms with Crippen molar-refractivity contribution in [3.63, 3.8) is 0 Å². The lowest BCUT2D eigenvalue weighted by molar-refractivity contribution is -0.384. The second kappa shape index (κ2) is 5.12. The van der Waals surface area contributed by atoms with Crippen LogP contribution in [0, 0.1) is 10.1 Å². The van der Waals surface area contributed by atoms with E-state index in [1.54, 1.807) is 0 Å². The van der Waals surface area contributed by atoms with Gasteiger partial charge in [-0.3, -0.25) is 19.7 Å². The van der Waals surface area contributed by atoms with E-state index >= 15 is 0 Å². The van der Waals surface area contributed by atoms with Crippen molar-refractivity contribution in [2.75, 3.05) is 0 Å². The molecule has 9 heteroatoms. The molecule has 0 radical (unpaired) electrons. The monoisotopic (exact) mass is 269 g/mol. The summed E-state index contributed by atoms with van der Waals surface area (Å²) >= 11 is 0. The molecule has 0 saturated carbocycles. The van der Waals surface area contributed by atoms with Gasteiger partial charge in [-0.05, 0) is 11.6 Å². The second-order valence-corrected chi connectivity index (χ2v) is 3.44. The van der Waals surface area contributed by atoms with Gasteiger partial charge in [-0.2, -0.15) is 0 Å². The lowest BCUT2D eigenvalue weighted by Crippen LogP contribution is -2.23. The summed E-state index contributed by atoms with van der Waals surface area (Å²) in [5, 5.41) is 36.9. The first-order chi connectivity index (χ1) is 8.75. The molecule has 0 aromatic heterocycles. The van der Waals surface area contributed by atoms with Crippen molar-refractivity contribution >= 4 is 23.6 Å². The average Bonchev–Trinajstić information content (AvgIpc) is 2.27. The van der Waals surface area contributed by atoms with Gasteiger partial charge in [-0.15, -0.1) is 0 Å². The van der Waals surface area contributed by atoms with Gasteiger partial charge in [0.1, 0.15) is 0 Å². The van der Waals surface area contributed by atoms with Crippen molar-refractivity contribution in [1.82, 2.24) is 0 Å². The number of carboxylic acids is 3. The Labute approximate surface area is 104 Å². The van der Waals surface area contributed by atoms with Crippen LogP contribution in [0.4, 0.5) is 5.69 Å². The highest BCUT2D eigenvalue weighted by Gasteiger charge is 2.32. The van der Waals surface area contributed by atoms with Crippen molar-refractivity contribution in [2.45, 2.75) is 5.92 Å². The molecule has 0 atom stereocenters. The number of hydrogen-bond donors (Lipinski definition) is 3. The number of nitrogens with zero attached hydrogens (tertiary/aromatic N) is 1. The Balaban J connectivity index is 3.50. The molecule has 9 nitrogen and oxygen atoms in total. The maximum absolute atomic E-state index is 10.9. The van der Waals surface area contributed by atoms with Crippen LogP contribution in [0.5, 0.6) is 0 Å². The van der Waals surface area contributed by atoms with Crippen LogP contribution in [0.15, 0.2) is 18.2 Å². The van der Waals surface area contributed by atoms with Gasteiger partial charge in [-0.25, -0.2) is 4.79 Å². The molecular weight excluding hydrogens is 262 g/mol. The van der Waals surface area contributed by atoms with E-state index in [-0.39, 0.29) is 0 Å². The van der Waals surface area contributed by atoms with Crippen molar-refractivity contribution in [3.8, 4) is 0 Å². The molecule has 1 aromatic rings. The molecule has 0 fully saturated rings. The smallest absolute Gasteiger partial charge is 0.336 e. The Bertz CT molecular complexity index is 565. The normalized spacial score (nSPS) is 10.2. The molecule has 0 heterocycles. The summed E-state index contributed by atoms with van der Waals surface area (Å²) in [6, 6.07) is 2.28. The highest BCUT2D eigenvalue weighted by Crippen LogP contribution is 2.25. The van der Waals surface area contributed by atoms with E-state index in [2.05, 4.69) is 0 Å². The molecule has 0 aliphatic heterocycles. The predicted molar refractivity (Wildman–Crippen MR) is 58.1 cm³/mol. The standard InChI is InChI=1S/C10H7NO8/c12-8(13)6-3-4(11(18)19)1-2-5(6)7(9(14)15)10(16)17/h1-3,7H,(H,12,13)(H,14,15)(H,16,17). The van der Waals surface area contributed by atoms with E-state index in [4.69, 9.17) is 15.3 Å². The Morgan fingerprint density at radius 1 is 1.11 bits per heavy atom. The number of hydrogen-bond acceptors (Lipinski definition) is 5. The number of benzene rings is 1. The van der Waals surface area contributed by atoms with Gasteiger partial charge < -0.3 is 15.3 Å². The third kappa shape index (κ3) is 2.83. The topological polar surface area (TPSA) is 155 Å². The van der Waals surface area contributed by atoms with Gasteiger partial charge in [-0.1, -0.05) is 0 Å². The molecule has 1 rings (SSSR count). The Hall–Kier alpha value is -2.97. The van der Waals surface area contributed by atoms with Crippen LogP contribution in [0.1, 0.15) is 21.8 Å². The van der Waals surface area contributed by atoms with Crippen molar-refractivity contribution in [3.05, 3.63) is 39.4 Å². The summed E-state index contributed by atoms with van der Waals surface area (Å²) < 4.78 is 0. The Morgan fingerprint density at radius 3 is 2.00 bits per heavy atom. The lowest BCUT2D eigenvalue weighted by Gasteiger charge is -2.10. The average molecular weight is 269 g/mol. The van der Waals surface area contributed by atoms with Crippen molar-refractivity contribution in [1.29, 1.82) is 0 Å². The largest absolute Gasteiger partial charge is 0.480 e. The van der Waals surface area contributed by atoms with Gasteiger partial charge in [0.15, 0.2) is 5.92 Å². The molecule has 100 valence electrons. The number of carbonyl (C=O) groups is 3. The maximum Gasteiger partial charge on any atom is 0.336 e. The number of non-ortho nitro benzene ring substituents is 1. The van der Waals surface area contributed by atoms with Gasteiger partial charge in [0.2, 0.25) is 0 Å². The molecule has 3 N–H and O–H groups in total. The van der Waals surface area contributed by atoms with Crippen LogP contribution in [0.25, 0.3) is 0 Å². The molecule has 0 aliphatic rings. The minimum Gasteiger partial charge on any atom is -0.480 e. The SMILES string of the molecule is O=C(O)c1cc([N+](=O)[O-])ccc1C(C(=O)O)C(=O)O. The number of nitro groups is 1. The van der Waals surface area contributed by atoms with Gasteiger partial charge >= 0.3 is 17.9 Å². The fourth-order valence-corrected chi connectivity index (χ4v) is 1.47. The van der Waals surface area contributed by atoms with Gasteiger partial charge in [0.25, 0.3) is 5.69 Å². The van der Waals surface area contributed by atoms with Crippen LogP contribution < -0.4 is 0 Å². The summed E-state index contributed by atoms with van der Waals surface area (Å²) in [5.74, 6) is -7.27. The van der Waals surface area contributed by atoms with E-state index in [0.717, 1.165) is 12.1 Å². The molecule has 19 heavy (non-hydrogen) atoms. The quantitative estimate of drug-likeness (QED) is 0.397. The maximum atomic E-state index is 10.9. The van der Waals surface area contributed by atoms with Crippen LogP contribution >= 0.6 is 0 Å². The third-order valence-electron chi connectivity index (χ3n) is 2.28. The zero-order valence-corrected chi connectivity index (χ0v) is 9.14. The summed E-state index contributed by atoms with van der Waals surface area (Å²) in [7, 11) is 0. The van der Waals surface area contributed by atoms with E-state index < -0.39 is 45.6 Å². The first kappa shape index (κ1) is 14.1. The Kier molecular flexibility index (Phi) is 3.80. The molecule has 0 spiro atoms. The van der Waals surface area contributed by atoms with Crippen molar-refractivity contribution < 1.29 is 34.6 Å². The van der Waals surface area contributed by atoms with Crippen LogP contribution in [0.2, 0.25) is 0 Å². The molecule has 1 aromatic carbocycles. The number of carboxylic acid groups (broad SMARTS) is 3. The molecule has 0 saturated heterocycles. The first-order valence-corrected chi connectivity index (χ1v) is 4.73. The van der Waals surface area contributed by atoms with E-state index in [0.29, 0.717) is 6.07 Å². The highest BCUT2D eigenvalue weighted by atomic mass is 16.6. The molecular formula is C10H7NO8. The molecule has 0 bridgehead atoms. The summed E-state index contributed by atoms with van der Waals surface area (Å²) in [6.45, 7) is 0. The minimum atomic E-state index is -2.10. The summed E-state index contributed by atoms with van der Waals surface area (Å²) in [6.07, 6.45) is 0. The van der Waals surface area contributed by atoms with E-state index in [1.807, 2.05) is 0 Å². The van der Waals surface area contributed by atoms with Crippen molar-refractivity contribution in [2.24, 2.45) is 0 Å². The predicted octanol–water partition coefficient (Wildman–Crippen LogP) is 0.546. The zero-order chi connectivity index (χ0) is 14.7. The first-order valence-electron chi connectivity index (χ1n) is 4.73. The fourth-order valence-electron chi connectivity index (χ4n) is 1.47.